The lowest BCUT2D eigenvalue weighted by Gasteiger charge is -2.30. The van der Waals surface area contributed by atoms with Gasteiger partial charge in [0.1, 0.15) is 5.54 Å². The van der Waals surface area contributed by atoms with Gasteiger partial charge in [-0.15, -0.1) is 0 Å². The van der Waals surface area contributed by atoms with Gasteiger partial charge in [0.2, 0.25) is 0 Å². The van der Waals surface area contributed by atoms with E-state index >= 15 is 0 Å². The molecule has 0 aromatic heterocycles. The highest BCUT2D eigenvalue weighted by atomic mass is 16.4. The van der Waals surface area contributed by atoms with Gasteiger partial charge in [-0.2, -0.15) is 0 Å². The molecule has 0 radical (unpaired) electrons. The van der Waals surface area contributed by atoms with Crippen LogP contribution < -0.4 is 5.32 Å². The molecular weight excluding hydrogens is 238 g/mol. The number of hydrogen-bond donors (Lipinski definition) is 5. The zero-order valence-corrected chi connectivity index (χ0v) is 10.1. The molecule has 1 rings (SSSR count). The van der Waals surface area contributed by atoms with Gasteiger partial charge in [-0.05, 0) is 19.1 Å². The van der Waals surface area contributed by atoms with E-state index in [0.29, 0.717) is 0 Å². The van der Waals surface area contributed by atoms with E-state index in [2.05, 4.69) is 5.32 Å². The van der Waals surface area contributed by atoms with Crippen LogP contribution in [-0.2, 0) is 0 Å². The first-order valence-corrected chi connectivity index (χ1v) is 5.43. The second-order valence-corrected chi connectivity index (χ2v) is 4.23. The molecule has 0 aliphatic carbocycles. The van der Waals surface area contributed by atoms with Gasteiger partial charge in [0.15, 0.2) is 0 Å². The predicted molar refractivity (Wildman–Crippen MR) is 65.7 cm³/mol. The Balaban J connectivity index is 3.13. The van der Waals surface area contributed by atoms with Crippen molar-refractivity contribution >= 4 is 11.7 Å². The van der Waals surface area contributed by atoms with Crippen LogP contribution in [0.2, 0.25) is 0 Å². The van der Waals surface area contributed by atoms with Crippen LogP contribution in [0.5, 0.6) is 0 Å². The fraction of sp³-hybridized carbons (Fsp3) is 0.417. The first-order valence-electron chi connectivity index (χ1n) is 5.43. The van der Waals surface area contributed by atoms with Crippen LogP contribution in [0.4, 0.5) is 5.69 Å². The Morgan fingerprint density at radius 1 is 1.22 bits per heavy atom. The monoisotopic (exact) mass is 255 g/mol. The third-order valence-electron chi connectivity index (χ3n) is 2.71. The number of carboxylic acid groups (broad SMARTS) is 1. The quantitative estimate of drug-likeness (QED) is 0.482. The Labute approximate surface area is 105 Å². The molecule has 0 atom stereocenters. The second kappa shape index (κ2) is 5.81. The maximum absolute atomic E-state index is 11.1. The molecule has 1 aromatic rings. The molecule has 5 N–H and O–H groups in total. The highest BCUT2D eigenvalue weighted by Crippen LogP contribution is 2.21. The molecule has 0 fully saturated rings. The minimum atomic E-state index is -1.35. The Kier molecular flexibility index (Phi) is 4.66. The number of aromatic carboxylic acids is 1. The number of hydrogen-bond acceptors (Lipinski definition) is 5. The second-order valence-electron chi connectivity index (χ2n) is 4.23. The molecule has 100 valence electrons. The first-order chi connectivity index (χ1) is 8.48. The molecule has 18 heavy (non-hydrogen) atoms. The molecule has 0 saturated carbocycles. The third-order valence-corrected chi connectivity index (χ3v) is 2.71. The van der Waals surface area contributed by atoms with E-state index < -0.39 is 31.3 Å². The number of aliphatic hydroxyl groups excluding tert-OH is 3. The van der Waals surface area contributed by atoms with Crippen molar-refractivity contribution in [3.8, 4) is 0 Å². The average molecular weight is 255 g/mol. The fourth-order valence-corrected chi connectivity index (χ4v) is 1.50. The molecule has 0 saturated heterocycles. The Hall–Kier alpha value is -1.63. The average Bonchev–Trinajstić information content (AvgIpc) is 2.37. The van der Waals surface area contributed by atoms with Crippen LogP contribution in [0.3, 0.4) is 0 Å². The van der Waals surface area contributed by atoms with Gasteiger partial charge >= 0.3 is 5.97 Å². The molecule has 0 heterocycles. The van der Waals surface area contributed by atoms with Crippen molar-refractivity contribution in [1.29, 1.82) is 0 Å². The smallest absolute Gasteiger partial charge is 0.337 e. The molecule has 0 unspecified atom stereocenters. The normalized spacial score (nSPS) is 11.3. The summed E-state index contributed by atoms with van der Waals surface area (Å²) >= 11 is 0. The summed E-state index contributed by atoms with van der Waals surface area (Å²) in [6.45, 7) is 0.195. The van der Waals surface area contributed by atoms with Crippen LogP contribution in [0.1, 0.15) is 15.9 Å². The van der Waals surface area contributed by atoms with Crippen LogP contribution in [0.15, 0.2) is 18.2 Å². The maximum atomic E-state index is 11.1. The van der Waals surface area contributed by atoms with Crippen LogP contribution in [-0.4, -0.2) is 51.8 Å². The summed E-state index contributed by atoms with van der Waals surface area (Å²) in [6, 6.07) is 4.71. The lowest BCUT2D eigenvalue weighted by molar-refractivity contribution is 0.0692. The highest BCUT2D eigenvalue weighted by Gasteiger charge is 2.29. The Morgan fingerprint density at radius 3 is 2.22 bits per heavy atom. The Morgan fingerprint density at radius 2 is 1.78 bits per heavy atom. The highest BCUT2D eigenvalue weighted by molar-refractivity contribution is 5.94. The van der Waals surface area contributed by atoms with Gasteiger partial charge < -0.3 is 25.7 Å². The van der Waals surface area contributed by atoms with Gasteiger partial charge in [-0.1, -0.05) is 11.6 Å². The van der Waals surface area contributed by atoms with Crippen molar-refractivity contribution in [2.45, 2.75) is 12.5 Å². The zero-order chi connectivity index (χ0) is 13.8. The van der Waals surface area contributed by atoms with Crippen molar-refractivity contribution in [2.75, 3.05) is 25.1 Å². The summed E-state index contributed by atoms with van der Waals surface area (Å²) in [5, 5.41) is 39.3. The van der Waals surface area contributed by atoms with Crippen molar-refractivity contribution in [1.82, 2.24) is 0 Å². The van der Waals surface area contributed by atoms with Gasteiger partial charge in [-0.25, -0.2) is 4.79 Å². The number of carbonyl (C=O) groups is 1. The zero-order valence-electron chi connectivity index (χ0n) is 10.1. The summed E-state index contributed by atoms with van der Waals surface area (Å²) in [4.78, 5) is 11.1. The van der Waals surface area contributed by atoms with Crippen LogP contribution >= 0.6 is 0 Å². The van der Waals surface area contributed by atoms with Crippen molar-refractivity contribution in [2.24, 2.45) is 0 Å². The molecule has 0 aliphatic heterocycles. The van der Waals surface area contributed by atoms with Gasteiger partial charge in [0.25, 0.3) is 0 Å². The van der Waals surface area contributed by atoms with E-state index in [1.165, 1.54) is 12.1 Å². The van der Waals surface area contributed by atoms with Gasteiger partial charge in [0.05, 0.1) is 25.4 Å². The first kappa shape index (κ1) is 14.4. The number of carboxylic acids is 1. The maximum Gasteiger partial charge on any atom is 0.337 e. The topological polar surface area (TPSA) is 110 Å². The summed E-state index contributed by atoms with van der Waals surface area (Å²) in [5.41, 5.74) is -0.306. The molecule has 6 heteroatoms. The van der Waals surface area contributed by atoms with Crippen LogP contribution in [0, 0.1) is 6.92 Å². The number of rotatable bonds is 6. The van der Waals surface area contributed by atoms with Gasteiger partial charge in [-0.3, -0.25) is 0 Å². The van der Waals surface area contributed by atoms with E-state index in [9.17, 15) is 20.1 Å². The standard InChI is InChI=1S/C12H17NO5/c1-8-2-3-10(9(4-8)11(17)18)13-12(5-14,6-15)7-16/h2-4,13-16H,5-7H2,1H3,(H,17,18). The summed E-state index contributed by atoms with van der Waals surface area (Å²) in [7, 11) is 0. The number of aryl methyl sites for hydroxylation is 1. The number of nitrogens with one attached hydrogen (secondary N) is 1. The Bertz CT molecular complexity index is 420. The third kappa shape index (κ3) is 2.98. The van der Waals surface area contributed by atoms with E-state index in [4.69, 9.17) is 5.11 Å². The minimum Gasteiger partial charge on any atom is -0.478 e. The van der Waals surface area contributed by atoms with E-state index in [1.54, 1.807) is 13.0 Å². The molecule has 1 aromatic carbocycles. The van der Waals surface area contributed by atoms with E-state index in [-0.39, 0.29) is 11.3 Å². The summed E-state index contributed by atoms with van der Waals surface area (Å²) in [5.74, 6) is -1.12. The van der Waals surface area contributed by atoms with E-state index in [1.807, 2.05) is 0 Å². The van der Waals surface area contributed by atoms with Crippen molar-refractivity contribution < 1.29 is 25.2 Å². The number of aliphatic hydroxyl groups is 3. The molecule has 6 nitrogen and oxygen atoms in total. The van der Waals surface area contributed by atoms with Gasteiger partial charge in [0, 0.05) is 5.69 Å². The lowest BCUT2D eigenvalue weighted by Crippen LogP contribution is -2.49. The molecule has 0 bridgehead atoms. The van der Waals surface area contributed by atoms with Crippen molar-refractivity contribution in [3.63, 3.8) is 0 Å². The molecule has 0 aliphatic rings. The largest absolute Gasteiger partial charge is 0.478 e. The minimum absolute atomic E-state index is 0.0229. The number of anilines is 1. The SMILES string of the molecule is Cc1ccc(NC(CO)(CO)CO)c(C(=O)O)c1. The van der Waals surface area contributed by atoms with E-state index in [0.717, 1.165) is 5.56 Å². The van der Waals surface area contributed by atoms with Crippen LogP contribution in [0.25, 0.3) is 0 Å². The van der Waals surface area contributed by atoms with Crippen molar-refractivity contribution in [3.05, 3.63) is 29.3 Å². The molecule has 0 amide bonds. The molecular formula is C12H17NO5. The lowest BCUT2D eigenvalue weighted by atomic mass is 10.0. The fourth-order valence-electron chi connectivity index (χ4n) is 1.50. The predicted octanol–water partition coefficient (Wildman–Crippen LogP) is -0.179. The molecule has 0 spiro atoms. The number of benzene rings is 1. The summed E-state index contributed by atoms with van der Waals surface area (Å²) < 4.78 is 0. The summed E-state index contributed by atoms with van der Waals surface area (Å²) in [6.07, 6.45) is 0.